The monoisotopic (exact) mass is 257 g/mol. The van der Waals surface area contributed by atoms with Gasteiger partial charge in [0.15, 0.2) is 5.78 Å². The number of rotatable bonds is 2. The van der Waals surface area contributed by atoms with Crippen molar-refractivity contribution in [3.8, 4) is 5.75 Å². The van der Waals surface area contributed by atoms with Gasteiger partial charge in [-0.25, -0.2) is 4.99 Å². The number of nitrogens with zero attached hydrogens (tertiary/aromatic N) is 1. The Morgan fingerprint density at radius 1 is 1.16 bits per heavy atom. The second-order valence-electron chi connectivity index (χ2n) is 4.21. The zero-order valence-electron chi connectivity index (χ0n) is 10.8. The molecule has 0 atom stereocenters. The normalized spacial score (nSPS) is 16.6. The molecule has 19 heavy (non-hydrogen) atoms. The Hall–Kier alpha value is -2.56. The third kappa shape index (κ3) is 2.65. The van der Waals surface area contributed by atoms with Crippen LogP contribution in [0.15, 0.2) is 40.9 Å². The molecule has 1 aromatic carbocycles. The summed E-state index contributed by atoms with van der Waals surface area (Å²) in [7, 11) is 1.53. The molecule has 0 radical (unpaired) electrons. The van der Waals surface area contributed by atoms with Crippen LogP contribution in [0.2, 0.25) is 0 Å². The number of benzene rings is 1. The predicted molar refractivity (Wildman–Crippen MR) is 76.8 cm³/mol. The van der Waals surface area contributed by atoms with Gasteiger partial charge >= 0.3 is 0 Å². The van der Waals surface area contributed by atoms with Crippen molar-refractivity contribution in [1.29, 1.82) is 0 Å². The van der Waals surface area contributed by atoms with E-state index in [4.69, 9.17) is 16.2 Å². The average molecular weight is 257 g/mol. The number of methoxy groups -OCH3 is 1. The lowest BCUT2D eigenvalue weighted by Gasteiger charge is -2.10. The summed E-state index contributed by atoms with van der Waals surface area (Å²) < 4.78 is 5.14. The highest BCUT2D eigenvalue weighted by Crippen LogP contribution is 2.33. The van der Waals surface area contributed by atoms with Gasteiger partial charge < -0.3 is 16.2 Å². The number of aliphatic imine (C=N–C) groups is 1. The van der Waals surface area contributed by atoms with Crippen LogP contribution >= 0.6 is 0 Å². The van der Waals surface area contributed by atoms with Crippen molar-refractivity contribution in [2.45, 2.75) is 6.92 Å². The van der Waals surface area contributed by atoms with E-state index in [-0.39, 0.29) is 5.78 Å². The highest BCUT2D eigenvalue weighted by molar-refractivity contribution is 6.20. The van der Waals surface area contributed by atoms with Gasteiger partial charge in [0.1, 0.15) is 5.75 Å². The molecule has 0 unspecified atom stereocenters. The number of ether oxygens (including phenoxy) is 1. The van der Waals surface area contributed by atoms with E-state index >= 15 is 0 Å². The van der Waals surface area contributed by atoms with E-state index in [0.717, 1.165) is 5.57 Å². The van der Waals surface area contributed by atoms with Gasteiger partial charge in [0.25, 0.3) is 0 Å². The van der Waals surface area contributed by atoms with Crippen molar-refractivity contribution in [1.82, 2.24) is 0 Å². The minimum absolute atomic E-state index is 0.0423. The zero-order valence-corrected chi connectivity index (χ0v) is 10.8. The number of carbonyl (C=O) groups is 1. The first-order valence-electron chi connectivity index (χ1n) is 5.73. The summed E-state index contributed by atoms with van der Waals surface area (Å²) in [4.78, 5) is 15.6. The number of ketones is 1. The van der Waals surface area contributed by atoms with Crippen LogP contribution in [0.5, 0.6) is 5.75 Å². The SMILES string of the molecule is COc1cc(N=C2C=CC(=O)C=C2C)c(N)cc1N. The first kappa shape index (κ1) is 12.9. The fraction of sp³-hybridized carbons (Fsp3) is 0.143. The van der Waals surface area contributed by atoms with E-state index in [1.165, 1.54) is 19.3 Å². The number of nitrogens with two attached hydrogens (primary N) is 2. The molecule has 0 bridgehead atoms. The van der Waals surface area contributed by atoms with Gasteiger partial charge in [0.05, 0.1) is 29.9 Å². The molecule has 5 heteroatoms. The van der Waals surface area contributed by atoms with Crippen LogP contribution in [0.4, 0.5) is 17.1 Å². The predicted octanol–water partition coefficient (Wildman–Crippen LogP) is 2.02. The molecule has 1 aromatic rings. The van der Waals surface area contributed by atoms with Crippen LogP contribution in [-0.2, 0) is 4.79 Å². The minimum Gasteiger partial charge on any atom is -0.495 e. The number of hydrogen-bond acceptors (Lipinski definition) is 5. The molecule has 98 valence electrons. The lowest BCUT2D eigenvalue weighted by molar-refractivity contribution is -0.110. The van der Waals surface area contributed by atoms with Crippen LogP contribution in [0.25, 0.3) is 0 Å². The minimum atomic E-state index is -0.0423. The standard InChI is InChI=1S/C14H15N3O2/c1-8-5-9(18)3-4-12(8)17-13-7-14(19-2)11(16)6-10(13)15/h3-7H,15-16H2,1-2H3. The van der Waals surface area contributed by atoms with Crippen LogP contribution in [-0.4, -0.2) is 18.6 Å². The molecular formula is C14H15N3O2. The first-order valence-corrected chi connectivity index (χ1v) is 5.73. The van der Waals surface area contributed by atoms with Crippen molar-refractivity contribution < 1.29 is 9.53 Å². The molecule has 4 N–H and O–H groups in total. The van der Waals surface area contributed by atoms with Crippen molar-refractivity contribution >= 4 is 28.6 Å². The van der Waals surface area contributed by atoms with Crippen molar-refractivity contribution in [3.05, 3.63) is 35.9 Å². The third-order valence-corrected chi connectivity index (χ3v) is 2.79. The zero-order chi connectivity index (χ0) is 14.0. The van der Waals surface area contributed by atoms with Gasteiger partial charge in [-0.1, -0.05) is 0 Å². The number of allylic oxidation sites excluding steroid dienone is 4. The summed E-state index contributed by atoms with van der Waals surface area (Å²) in [6.07, 6.45) is 4.67. The molecule has 1 aliphatic rings. The Morgan fingerprint density at radius 2 is 1.89 bits per heavy atom. The molecule has 0 saturated heterocycles. The molecule has 0 aromatic heterocycles. The van der Waals surface area contributed by atoms with E-state index in [0.29, 0.717) is 28.5 Å². The van der Waals surface area contributed by atoms with Crippen LogP contribution in [0, 0.1) is 0 Å². The van der Waals surface area contributed by atoms with E-state index in [1.807, 2.05) is 6.92 Å². The largest absolute Gasteiger partial charge is 0.495 e. The maximum atomic E-state index is 11.2. The Kier molecular flexibility index (Phi) is 3.37. The average Bonchev–Trinajstić information content (AvgIpc) is 2.35. The second kappa shape index (κ2) is 4.97. The molecule has 5 nitrogen and oxygen atoms in total. The molecular weight excluding hydrogens is 242 g/mol. The topological polar surface area (TPSA) is 90.7 Å². The highest BCUT2D eigenvalue weighted by Gasteiger charge is 2.10. The molecule has 0 fully saturated rings. The maximum absolute atomic E-state index is 11.2. The molecule has 2 rings (SSSR count). The fourth-order valence-electron chi connectivity index (χ4n) is 1.76. The van der Waals surface area contributed by atoms with Crippen LogP contribution in [0.1, 0.15) is 6.92 Å². The van der Waals surface area contributed by atoms with E-state index in [9.17, 15) is 4.79 Å². The molecule has 0 aliphatic heterocycles. The van der Waals surface area contributed by atoms with Crippen LogP contribution < -0.4 is 16.2 Å². The number of anilines is 2. The summed E-state index contributed by atoms with van der Waals surface area (Å²) in [6.45, 7) is 1.82. The van der Waals surface area contributed by atoms with Crippen molar-refractivity contribution in [3.63, 3.8) is 0 Å². The number of nitrogen functional groups attached to an aromatic ring is 2. The van der Waals surface area contributed by atoms with Gasteiger partial charge in [-0.05, 0) is 36.8 Å². The Bertz CT molecular complexity index is 628. The Balaban J connectivity index is 2.46. The quantitative estimate of drug-likeness (QED) is 0.626. The summed E-state index contributed by atoms with van der Waals surface area (Å²) in [5, 5.41) is 0. The summed E-state index contributed by atoms with van der Waals surface area (Å²) in [6, 6.07) is 3.28. The van der Waals surface area contributed by atoms with Gasteiger partial charge in [0, 0.05) is 6.07 Å². The molecule has 1 aliphatic carbocycles. The Morgan fingerprint density at radius 3 is 2.53 bits per heavy atom. The van der Waals surface area contributed by atoms with E-state index in [2.05, 4.69) is 4.99 Å². The van der Waals surface area contributed by atoms with E-state index in [1.54, 1.807) is 18.2 Å². The van der Waals surface area contributed by atoms with E-state index < -0.39 is 0 Å². The molecule has 0 heterocycles. The summed E-state index contributed by atoms with van der Waals surface area (Å²) >= 11 is 0. The lowest BCUT2D eigenvalue weighted by atomic mass is 10.0. The highest BCUT2D eigenvalue weighted by atomic mass is 16.5. The maximum Gasteiger partial charge on any atom is 0.179 e. The van der Waals surface area contributed by atoms with Crippen LogP contribution in [0.3, 0.4) is 0 Å². The summed E-state index contributed by atoms with van der Waals surface area (Å²) in [5.74, 6) is 0.477. The van der Waals surface area contributed by atoms with Crippen molar-refractivity contribution in [2.75, 3.05) is 18.6 Å². The first-order chi connectivity index (χ1) is 9.01. The number of hydrogen-bond donors (Lipinski definition) is 2. The van der Waals surface area contributed by atoms with Gasteiger partial charge in [-0.15, -0.1) is 0 Å². The lowest BCUT2D eigenvalue weighted by Crippen LogP contribution is -2.05. The van der Waals surface area contributed by atoms with Gasteiger partial charge in [-0.3, -0.25) is 4.79 Å². The Labute approximate surface area is 111 Å². The summed E-state index contributed by atoms with van der Waals surface area (Å²) in [5.41, 5.74) is 14.6. The molecule has 0 amide bonds. The van der Waals surface area contributed by atoms with Gasteiger partial charge in [-0.2, -0.15) is 0 Å². The van der Waals surface area contributed by atoms with Gasteiger partial charge in [0.2, 0.25) is 0 Å². The molecule has 0 spiro atoms. The second-order valence-corrected chi connectivity index (χ2v) is 4.21. The third-order valence-electron chi connectivity index (χ3n) is 2.79. The number of carbonyl (C=O) groups excluding carboxylic acids is 1. The fourth-order valence-corrected chi connectivity index (χ4v) is 1.76. The molecule has 0 saturated carbocycles. The smallest absolute Gasteiger partial charge is 0.179 e. The van der Waals surface area contributed by atoms with Crippen molar-refractivity contribution in [2.24, 2.45) is 4.99 Å².